The maximum absolute atomic E-state index is 12.3. The number of carbonyl (C=O) groups is 1. The zero-order valence-corrected chi connectivity index (χ0v) is 10.4. The van der Waals surface area contributed by atoms with Gasteiger partial charge in [-0.15, -0.1) is 0 Å². The van der Waals surface area contributed by atoms with Gasteiger partial charge in [-0.25, -0.2) is 0 Å². The Morgan fingerprint density at radius 3 is 2.83 bits per heavy atom. The predicted molar refractivity (Wildman–Crippen MR) is 69.7 cm³/mol. The van der Waals surface area contributed by atoms with Crippen LogP contribution in [0.2, 0.25) is 0 Å². The van der Waals surface area contributed by atoms with Gasteiger partial charge in [-0.05, 0) is 25.1 Å². The second-order valence-electron chi connectivity index (χ2n) is 4.69. The molecular formula is C14H16N2O2. The van der Waals surface area contributed by atoms with E-state index in [2.05, 4.69) is 5.32 Å². The van der Waals surface area contributed by atoms with E-state index in [0.29, 0.717) is 5.76 Å². The Labute approximate surface area is 106 Å². The van der Waals surface area contributed by atoms with Crippen LogP contribution in [0.3, 0.4) is 0 Å². The molecular weight excluding hydrogens is 228 g/mol. The summed E-state index contributed by atoms with van der Waals surface area (Å²) in [6.07, 6.45) is 0. The quantitative estimate of drug-likeness (QED) is 0.831. The lowest BCUT2D eigenvalue weighted by Crippen LogP contribution is -2.46. The SMILES string of the molecule is Cc1ccc2oc(C(=O)N3CCNCC3)cc2c1. The molecule has 1 aromatic heterocycles. The van der Waals surface area contributed by atoms with Crippen molar-refractivity contribution in [2.45, 2.75) is 6.92 Å². The van der Waals surface area contributed by atoms with Crippen LogP contribution in [-0.2, 0) is 0 Å². The zero-order chi connectivity index (χ0) is 12.5. The van der Waals surface area contributed by atoms with Gasteiger partial charge < -0.3 is 14.6 Å². The van der Waals surface area contributed by atoms with Crippen molar-refractivity contribution in [3.05, 3.63) is 35.6 Å². The van der Waals surface area contributed by atoms with Crippen LogP contribution in [-0.4, -0.2) is 37.0 Å². The fourth-order valence-electron chi connectivity index (χ4n) is 2.29. The number of benzene rings is 1. The summed E-state index contributed by atoms with van der Waals surface area (Å²) in [5, 5.41) is 4.22. The Morgan fingerprint density at radius 1 is 1.28 bits per heavy atom. The molecule has 0 saturated carbocycles. The molecule has 1 aliphatic heterocycles. The van der Waals surface area contributed by atoms with Crippen molar-refractivity contribution in [3.8, 4) is 0 Å². The summed E-state index contributed by atoms with van der Waals surface area (Å²) in [6.45, 7) is 5.23. The summed E-state index contributed by atoms with van der Waals surface area (Å²) in [7, 11) is 0. The Kier molecular flexibility index (Phi) is 2.80. The highest BCUT2D eigenvalue weighted by Gasteiger charge is 2.21. The first-order valence-corrected chi connectivity index (χ1v) is 6.24. The fourth-order valence-corrected chi connectivity index (χ4v) is 2.29. The van der Waals surface area contributed by atoms with E-state index in [4.69, 9.17) is 4.42 Å². The molecule has 4 nitrogen and oxygen atoms in total. The molecule has 0 unspecified atom stereocenters. The minimum absolute atomic E-state index is 0.00893. The predicted octanol–water partition coefficient (Wildman–Crippen LogP) is 1.79. The first kappa shape index (κ1) is 11.3. The Bertz CT molecular complexity index is 582. The maximum atomic E-state index is 12.3. The van der Waals surface area contributed by atoms with Gasteiger partial charge >= 0.3 is 0 Å². The molecule has 0 atom stereocenters. The zero-order valence-electron chi connectivity index (χ0n) is 10.4. The molecule has 1 saturated heterocycles. The molecule has 1 N–H and O–H groups in total. The van der Waals surface area contributed by atoms with E-state index in [1.165, 1.54) is 5.56 Å². The largest absolute Gasteiger partial charge is 0.451 e. The van der Waals surface area contributed by atoms with E-state index in [-0.39, 0.29) is 5.91 Å². The van der Waals surface area contributed by atoms with Crippen LogP contribution in [0.5, 0.6) is 0 Å². The minimum atomic E-state index is -0.00893. The van der Waals surface area contributed by atoms with E-state index >= 15 is 0 Å². The summed E-state index contributed by atoms with van der Waals surface area (Å²) in [4.78, 5) is 14.1. The third kappa shape index (κ3) is 1.99. The van der Waals surface area contributed by atoms with Gasteiger partial charge in [0.15, 0.2) is 5.76 Å². The lowest BCUT2D eigenvalue weighted by Gasteiger charge is -2.26. The lowest BCUT2D eigenvalue weighted by atomic mass is 10.2. The Morgan fingerprint density at radius 2 is 2.06 bits per heavy atom. The topological polar surface area (TPSA) is 45.5 Å². The average Bonchev–Trinajstić information content (AvgIpc) is 2.81. The lowest BCUT2D eigenvalue weighted by molar-refractivity contribution is 0.0706. The van der Waals surface area contributed by atoms with Crippen LogP contribution >= 0.6 is 0 Å². The number of hydrogen-bond donors (Lipinski definition) is 1. The molecule has 0 bridgehead atoms. The van der Waals surface area contributed by atoms with Crippen molar-refractivity contribution in [2.75, 3.05) is 26.2 Å². The number of aryl methyl sites for hydroxylation is 1. The van der Waals surface area contributed by atoms with E-state index in [1.54, 1.807) is 0 Å². The standard InChI is InChI=1S/C14H16N2O2/c1-10-2-3-12-11(8-10)9-13(18-12)14(17)16-6-4-15-5-7-16/h2-3,8-9,15H,4-7H2,1H3. The first-order valence-electron chi connectivity index (χ1n) is 6.24. The number of hydrogen-bond acceptors (Lipinski definition) is 3. The van der Waals surface area contributed by atoms with E-state index in [1.807, 2.05) is 36.1 Å². The van der Waals surface area contributed by atoms with Gasteiger partial charge in [0.05, 0.1) is 0 Å². The van der Waals surface area contributed by atoms with E-state index in [9.17, 15) is 4.79 Å². The molecule has 1 amide bonds. The molecule has 3 rings (SSSR count). The number of nitrogens with one attached hydrogen (secondary N) is 1. The van der Waals surface area contributed by atoms with Crippen molar-refractivity contribution in [1.29, 1.82) is 0 Å². The van der Waals surface area contributed by atoms with Crippen LogP contribution in [0, 0.1) is 6.92 Å². The van der Waals surface area contributed by atoms with Crippen LogP contribution in [0.15, 0.2) is 28.7 Å². The summed E-state index contributed by atoms with van der Waals surface area (Å²) >= 11 is 0. The molecule has 1 aliphatic rings. The molecule has 0 aliphatic carbocycles. The van der Waals surface area contributed by atoms with Gasteiger partial charge in [-0.1, -0.05) is 11.6 Å². The van der Waals surface area contributed by atoms with Gasteiger partial charge in [0.25, 0.3) is 5.91 Å². The summed E-state index contributed by atoms with van der Waals surface area (Å²) in [6, 6.07) is 7.78. The van der Waals surface area contributed by atoms with Crippen molar-refractivity contribution >= 4 is 16.9 Å². The maximum Gasteiger partial charge on any atom is 0.289 e. The number of rotatable bonds is 1. The van der Waals surface area contributed by atoms with E-state index in [0.717, 1.165) is 37.1 Å². The summed E-state index contributed by atoms with van der Waals surface area (Å²) in [5.74, 6) is 0.433. The monoisotopic (exact) mass is 244 g/mol. The van der Waals surface area contributed by atoms with Crippen molar-refractivity contribution in [2.24, 2.45) is 0 Å². The molecule has 94 valence electrons. The highest BCUT2D eigenvalue weighted by atomic mass is 16.3. The first-order chi connectivity index (χ1) is 8.74. The van der Waals surface area contributed by atoms with Crippen LogP contribution < -0.4 is 5.32 Å². The van der Waals surface area contributed by atoms with Crippen molar-refractivity contribution in [1.82, 2.24) is 10.2 Å². The number of furan rings is 1. The third-order valence-electron chi connectivity index (χ3n) is 3.29. The van der Waals surface area contributed by atoms with Crippen LogP contribution in [0.1, 0.15) is 16.1 Å². The second-order valence-corrected chi connectivity index (χ2v) is 4.69. The molecule has 0 spiro atoms. The van der Waals surface area contributed by atoms with Gasteiger partial charge in [-0.2, -0.15) is 0 Å². The van der Waals surface area contributed by atoms with Gasteiger partial charge in [0.2, 0.25) is 0 Å². The second kappa shape index (κ2) is 4.46. The molecule has 2 heterocycles. The smallest absolute Gasteiger partial charge is 0.289 e. The molecule has 1 aromatic carbocycles. The number of amides is 1. The molecule has 18 heavy (non-hydrogen) atoms. The summed E-state index contributed by atoms with van der Waals surface area (Å²) < 4.78 is 5.63. The molecule has 2 aromatic rings. The Balaban J connectivity index is 1.91. The fraction of sp³-hybridized carbons (Fsp3) is 0.357. The van der Waals surface area contributed by atoms with Crippen molar-refractivity contribution < 1.29 is 9.21 Å². The minimum Gasteiger partial charge on any atom is -0.451 e. The third-order valence-corrected chi connectivity index (χ3v) is 3.29. The highest BCUT2D eigenvalue weighted by Crippen LogP contribution is 2.21. The number of fused-ring (bicyclic) bond motifs is 1. The van der Waals surface area contributed by atoms with Crippen molar-refractivity contribution in [3.63, 3.8) is 0 Å². The normalized spacial score (nSPS) is 16.2. The molecule has 4 heteroatoms. The number of carbonyl (C=O) groups excluding carboxylic acids is 1. The number of nitrogens with zero attached hydrogens (tertiary/aromatic N) is 1. The van der Waals surface area contributed by atoms with Gasteiger partial charge in [-0.3, -0.25) is 4.79 Å². The van der Waals surface area contributed by atoms with Gasteiger partial charge in [0.1, 0.15) is 5.58 Å². The molecule has 0 radical (unpaired) electrons. The average molecular weight is 244 g/mol. The van der Waals surface area contributed by atoms with Gasteiger partial charge in [0, 0.05) is 31.6 Å². The highest BCUT2D eigenvalue weighted by molar-refractivity contribution is 5.96. The molecule has 1 fully saturated rings. The van der Waals surface area contributed by atoms with E-state index < -0.39 is 0 Å². The van der Waals surface area contributed by atoms with Crippen LogP contribution in [0.25, 0.3) is 11.0 Å². The Hall–Kier alpha value is -1.81. The van der Waals surface area contributed by atoms with Crippen LogP contribution in [0.4, 0.5) is 0 Å². The summed E-state index contributed by atoms with van der Waals surface area (Å²) in [5.41, 5.74) is 1.95. The number of piperazine rings is 1.